The van der Waals surface area contributed by atoms with E-state index in [1.165, 1.54) is 159 Å². The SMILES string of the molecule is CCCC1CCC(C2CCC(c3ccc(-c4cc(F)c(C)c(F)c4)cc3)CC2)CC1.CCCC1CCC(C2CCC(c3ccc(-c4ccc(C)c(F)c4)cc3)CC2)CC1. The Morgan fingerprint density at radius 1 is 0.390 bits per heavy atom. The highest BCUT2D eigenvalue weighted by atomic mass is 19.1. The van der Waals surface area contributed by atoms with Crippen LogP contribution in [0.15, 0.2) is 78.9 Å². The van der Waals surface area contributed by atoms with E-state index >= 15 is 0 Å². The molecule has 0 heterocycles. The van der Waals surface area contributed by atoms with E-state index in [2.05, 4.69) is 50.2 Å². The van der Waals surface area contributed by atoms with Gasteiger partial charge in [-0.3, -0.25) is 0 Å². The molecule has 0 aliphatic heterocycles. The summed E-state index contributed by atoms with van der Waals surface area (Å²) in [7, 11) is 0. The Morgan fingerprint density at radius 3 is 1.10 bits per heavy atom. The number of halogens is 3. The molecule has 4 aliphatic rings. The summed E-state index contributed by atoms with van der Waals surface area (Å²) in [6.45, 7) is 7.94. The van der Waals surface area contributed by atoms with E-state index in [1.54, 1.807) is 6.07 Å². The van der Waals surface area contributed by atoms with Crippen molar-refractivity contribution in [3.63, 3.8) is 0 Å². The van der Waals surface area contributed by atoms with Crippen LogP contribution < -0.4 is 0 Å². The van der Waals surface area contributed by atoms with Gasteiger partial charge in [-0.15, -0.1) is 0 Å². The Morgan fingerprint density at radius 2 is 0.729 bits per heavy atom. The number of hydrogen-bond acceptors (Lipinski definition) is 0. The van der Waals surface area contributed by atoms with Crippen LogP contribution in [0.5, 0.6) is 0 Å². The molecule has 318 valence electrons. The molecule has 0 radical (unpaired) electrons. The summed E-state index contributed by atoms with van der Waals surface area (Å²) in [6, 6.07) is 25.8. The Labute approximate surface area is 356 Å². The first-order chi connectivity index (χ1) is 28.7. The first kappa shape index (κ1) is 43.7. The van der Waals surface area contributed by atoms with Crippen molar-refractivity contribution < 1.29 is 13.2 Å². The van der Waals surface area contributed by atoms with Gasteiger partial charge in [0, 0.05) is 5.56 Å². The molecule has 0 amide bonds. The van der Waals surface area contributed by atoms with Gasteiger partial charge in [0.25, 0.3) is 0 Å². The molecule has 0 bridgehead atoms. The van der Waals surface area contributed by atoms with Gasteiger partial charge in [-0.25, -0.2) is 13.2 Å². The molecule has 0 atom stereocenters. The van der Waals surface area contributed by atoms with E-state index < -0.39 is 11.6 Å². The minimum atomic E-state index is -0.476. The summed E-state index contributed by atoms with van der Waals surface area (Å²) in [6.07, 6.45) is 28.2. The Hall–Kier alpha value is -3.33. The number of aryl methyl sites for hydroxylation is 1. The Kier molecular flexibility index (Phi) is 15.5. The monoisotopic (exact) mass is 803 g/mol. The van der Waals surface area contributed by atoms with E-state index in [0.717, 1.165) is 52.2 Å². The van der Waals surface area contributed by atoms with Gasteiger partial charge in [-0.2, -0.15) is 0 Å². The van der Waals surface area contributed by atoms with E-state index in [1.807, 2.05) is 31.2 Å². The second-order valence-electron chi connectivity index (χ2n) is 19.6. The van der Waals surface area contributed by atoms with Gasteiger partial charge in [-0.05, 0) is 195 Å². The number of benzene rings is 4. The molecule has 3 heteroatoms. The molecule has 4 aliphatic carbocycles. The number of rotatable bonds is 10. The molecule has 8 rings (SSSR count). The van der Waals surface area contributed by atoms with Gasteiger partial charge in [0.05, 0.1) is 0 Å². The molecule has 0 unspecified atom stereocenters. The van der Waals surface area contributed by atoms with Gasteiger partial charge in [0.15, 0.2) is 0 Å². The third-order valence-electron chi connectivity index (χ3n) is 15.9. The van der Waals surface area contributed by atoms with Gasteiger partial charge < -0.3 is 0 Å². The van der Waals surface area contributed by atoms with E-state index in [-0.39, 0.29) is 11.4 Å². The van der Waals surface area contributed by atoms with Crippen molar-refractivity contribution in [2.45, 2.75) is 168 Å². The summed E-state index contributed by atoms with van der Waals surface area (Å²) >= 11 is 0. The molecule has 0 nitrogen and oxygen atoms in total. The summed E-state index contributed by atoms with van der Waals surface area (Å²) in [5, 5.41) is 0. The van der Waals surface area contributed by atoms with Crippen LogP contribution in [0.1, 0.15) is 176 Å². The second-order valence-corrected chi connectivity index (χ2v) is 19.6. The molecule has 0 aromatic heterocycles. The molecule has 4 aromatic carbocycles. The fourth-order valence-electron chi connectivity index (χ4n) is 12.0. The van der Waals surface area contributed by atoms with Gasteiger partial charge in [-0.1, -0.05) is 126 Å². The lowest BCUT2D eigenvalue weighted by atomic mass is 9.68. The van der Waals surface area contributed by atoms with Crippen molar-refractivity contribution in [3.8, 4) is 22.3 Å². The maximum Gasteiger partial charge on any atom is 0.129 e. The van der Waals surface area contributed by atoms with Crippen LogP contribution in [0.2, 0.25) is 0 Å². The highest BCUT2D eigenvalue weighted by Gasteiger charge is 2.32. The predicted octanol–water partition coefficient (Wildman–Crippen LogP) is 17.5. The van der Waals surface area contributed by atoms with Crippen LogP contribution >= 0.6 is 0 Å². The minimum Gasteiger partial charge on any atom is -0.207 e. The topological polar surface area (TPSA) is 0 Å². The van der Waals surface area contributed by atoms with Crippen LogP contribution in [0.25, 0.3) is 22.3 Å². The predicted molar refractivity (Wildman–Crippen MR) is 243 cm³/mol. The Balaban J connectivity index is 0.000000179. The van der Waals surface area contributed by atoms with Gasteiger partial charge in [0.1, 0.15) is 17.5 Å². The molecule has 0 N–H and O–H groups in total. The molecule has 0 spiro atoms. The normalized spacial score (nSPS) is 27.4. The fraction of sp³-hybridized carbons (Fsp3) is 0.571. The molecule has 59 heavy (non-hydrogen) atoms. The lowest BCUT2D eigenvalue weighted by Gasteiger charge is -2.38. The summed E-state index contributed by atoms with van der Waals surface area (Å²) in [4.78, 5) is 0. The first-order valence-electron chi connectivity index (χ1n) is 24.1. The van der Waals surface area contributed by atoms with Gasteiger partial charge >= 0.3 is 0 Å². The van der Waals surface area contributed by atoms with Crippen molar-refractivity contribution in [2.24, 2.45) is 35.5 Å². The zero-order chi connectivity index (χ0) is 41.3. The van der Waals surface area contributed by atoms with Crippen molar-refractivity contribution in [2.75, 3.05) is 0 Å². The van der Waals surface area contributed by atoms with E-state index in [9.17, 15) is 13.2 Å². The average Bonchev–Trinajstić information content (AvgIpc) is 3.28. The van der Waals surface area contributed by atoms with E-state index in [4.69, 9.17) is 0 Å². The molecule has 0 saturated heterocycles. The maximum absolute atomic E-state index is 13.9. The largest absolute Gasteiger partial charge is 0.207 e. The fourth-order valence-corrected chi connectivity index (χ4v) is 12.0. The molecular weight excluding hydrogens is 730 g/mol. The summed E-state index contributed by atoms with van der Waals surface area (Å²) in [5.41, 5.74) is 7.25. The highest BCUT2D eigenvalue weighted by Crippen LogP contribution is 2.46. The summed E-state index contributed by atoms with van der Waals surface area (Å²) < 4.78 is 41.7. The van der Waals surface area contributed by atoms with E-state index in [0.29, 0.717) is 23.0 Å². The molecule has 4 fully saturated rings. The third-order valence-corrected chi connectivity index (χ3v) is 15.9. The van der Waals surface area contributed by atoms with Crippen molar-refractivity contribution in [1.82, 2.24) is 0 Å². The summed E-state index contributed by atoms with van der Waals surface area (Å²) in [5.74, 6) is 6.18. The lowest BCUT2D eigenvalue weighted by molar-refractivity contribution is 0.156. The molecule has 4 aromatic rings. The van der Waals surface area contributed by atoms with Crippen LogP contribution in [-0.4, -0.2) is 0 Å². The van der Waals surface area contributed by atoms with Crippen LogP contribution in [0.3, 0.4) is 0 Å². The third kappa shape index (κ3) is 11.3. The lowest BCUT2D eigenvalue weighted by Crippen LogP contribution is -2.25. The van der Waals surface area contributed by atoms with Crippen molar-refractivity contribution >= 4 is 0 Å². The Bertz CT molecular complexity index is 1850. The second kappa shape index (κ2) is 21.0. The van der Waals surface area contributed by atoms with Crippen LogP contribution in [0, 0.1) is 66.8 Å². The highest BCUT2D eigenvalue weighted by molar-refractivity contribution is 5.65. The zero-order valence-electron chi connectivity index (χ0n) is 36.9. The van der Waals surface area contributed by atoms with Crippen LogP contribution in [-0.2, 0) is 0 Å². The average molecular weight is 803 g/mol. The smallest absolute Gasteiger partial charge is 0.129 e. The molecular formula is C56H73F3. The van der Waals surface area contributed by atoms with Gasteiger partial charge in [0.2, 0.25) is 0 Å². The van der Waals surface area contributed by atoms with Crippen molar-refractivity contribution in [1.29, 1.82) is 0 Å². The standard InChI is InChI=1S/C28H36F2.C28H37F/c1-3-4-20-5-7-21(8-6-20)22-9-11-23(12-10-22)24-13-15-25(16-14-24)26-17-27(29)19(2)28(30)18-26;1-3-4-21-6-9-22(10-7-21)23-11-13-24(14-12-23)25-15-17-26(18-16-25)27-8-5-20(2)28(29)19-27/h13-18,20-23H,3-12H2,1-2H3;5,8,15-19,21-24H,3-4,6-7,9-14H2,1-2H3. The quantitative estimate of drug-likeness (QED) is 0.150. The maximum atomic E-state index is 13.9. The van der Waals surface area contributed by atoms with Crippen molar-refractivity contribution in [3.05, 3.63) is 119 Å². The minimum absolute atomic E-state index is 0.0889. The van der Waals surface area contributed by atoms with Crippen LogP contribution in [0.4, 0.5) is 13.2 Å². The number of hydrogen-bond donors (Lipinski definition) is 0. The first-order valence-corrected chi connectivity index (χ1v) is 24.1. The zero-order valence-corrected chi connectivity index (χ0v) is 36.9. The molecule has 4 saturated carbocycles.